The van der Waals surface area contributed by atoms with E-state index in [-0.39, 0.29) is 6.04 Å². The highest BCUT2D eigenvalue weighted by molar-refractivity contribution is 7.16. The van der Waals surface area contributed by atoms with Crippen molar-refractivity contribution in [1.82, 2.24) is 9.97 Å². The quantitative estimate of drug-likeness (QED) is 0.711. The first-order chi connectivity index (χ1) is 9.66. The third-order valence-electron chi connectivity index (χ3n) is 3.51. The molecular formula is C15H14ClN3S. The normalized spacial score (nSPS) is 12.6. The van der Waals surface area contributed by atoms with Crippen LogP contribution >= 0.6 is 22.9 Å². The topological polar surface area (TPSA) is 29.0 Å². The number of hydrogen-bond donors (Lipinski definition) is 0. The van der Waals surface area contributed by atoms with Gasteiger partial charge in [-0.05, 0) is 36.1 Å². The van der Waals surface area contributed by atoms with Gasteiger partial charge in [0.15, 0.2) is 0 Å². The van der Waals surface area contributed by atoms with Gasteiger partial charge in [-0.3, -0.25) is 0 Å². The minimum absolute atomic E-state index is 0.213. The maximum absolute atomic E-state index is 5.94. The molecule has 0 aliphatic rings. The fourth-order valence-electron chi connectivity index (χ4n) is 2.21. The van der Waals surface area contributed by atoms with E-state index in [9.17, 15) is 0 Å². The van der Waals surface area contributed by atoms with Crippen LogP contribution < -0.4 is 4.90 Å². The first-order valence-corrected chi connectivity index (χ1v) is 7.59. The molecule has 0 saturated heterocycles. The molecule has 5 heteroatoms. The Morgan fingerprint density at radius 1 is 1.15 bits per heavy atom. The van der Waals surface area contributed by atoms with Crippen molar-refractivity contribution in [2.45, 2.75) is 13.0 Å². The fourth-order valence-corrected chi connectivity index (χ4v) is 3.06. The van der Waals surface area contributed by atoms with E-state index < -0.39 is 0 Å². The van der Waals surface area contributed by atoms with Gasteiger partial charge in [0.05, 0.1) is 11.4 Å². The van der Waals surface area contributed by atoms with Gasteiger partial charge in [0, 0.05) is 12.1 Å². The average molecular weight is 304 g/mol. The van der Waals surface area contributed by atoms with Crippen LogP contribution in [0.2, 0.25) is 5.02 Å². The smallest absolute Gasteiger partial charge is 0.141 e. The van der Waals surface area contributed by atoms with E-state index in [1.807, 2.05) is 17.5 Å². The highest BCUT2D eigenvalue weighted by atomic mass is 35.5. The zero-order chi connectivity index (χ0) is 14.1. The standard InChI is InChI=1S/C15H14ClN3S/c1-10(11-3-5-12(16)6-4-11)19(2)14-13-7-8-20-15(13)18-9-17-14/h3-10H,1-2H3/t10-/m0/s1. The minimum atomic E-state index is 0.213. The van der Waals surface area contributed by atoms with Gasteiger partial charge in [-0.25, -0.2) is 9.97 Å². The maximum atomic E-state index is 5.94. The Morgan fingerprint density at radius 3 is 2.65 bits per heavy atom. The summed E-state index contributed by atoms with van der Waals surface area (Å²) in [5.74, 6) is 0.957. The molecule has 2 heterocycles. The molecule has 0 bridgehead atoms. The van der Waals surface area contributed by atoms with Crippen LogP contribution in [0.25, 0.3) is 10.2 Å². The molecule has 2 aromatic heterocycles. The Hall–Kier alpha value is -1.65. The lowest BCUT2D eigenvalue weighted by molar-refractivity contribution is 0.731. The molecule has 20 heavy (non-hydrogen) atoms. The molecule has 0 unspecified atom stereocenters. The van der Waals surface area contributed by atoms with Gasteiger partial charge < -0.3 is 4.90 Å². The molecule has 1 aromatic carbocycles. The molecule has 3 rings (SSSR count). The Morgan fingerprint density at radius 2 is 1.90 bits per heavy atom. The zero-order valence-corrected chi connectivity index (χ0v) is 12.8. The molecule has 0 saturated carbocycles. The molecular weight excluding hydrogens is 290 g/mol. The average Bonchev–Trinajstić information content (AvgIpc) is 2.95. The second-order valence-corrected chi connectivity index (χ2v) is 6.01. The molecule has 3 nitrogen and oxygen atoms in total. The molecule has 0 radical (unpaired) electrons. The SMILES string of the molecule is C[C@@H](c1ccc(Cl)cc1)N(C)c1ncnc2sccc12. The molecule has 0 N–H and O–H groups in total. The first kappa shape index (κ1) is 13.3. The van der Waals surface area contributed by atoms with Gasteiger partial charge in [0.1, 0.15) is 17.0 Å². The van der Waals surface area contributed by atoms with Crippen molar-refractivity contribution >= 4 is 39.0 Å². The summed E-state index contributed by atoms with van der Waals surface area (Å²) < 4.78 is 0. The molecule has 102 valence electrons. The van der Waals surface area contributed by atoms with Crippen molar-refractivity contribution in [3.05, 3.63) is 52.6 Å². The van der Waals surface area contributed by atoms with Gasteiger partial charge in [-0.2, -0.15) is 0 Å². The number of nitrogens with zero attached hydrogens (tertiary/aromatic N) is 3. The molecule has 1 atom stereocenters. The van der Waals surface area contributed by atoms with E-state index >= 15 is 0 Å². The van der Waals surface area contributed by atoms with Crippen molar-refractivity contribution in [3.8, 4) is 0 Å². The summed E-state index contributed by atoms with van der Waals surface area (Å²) in [5.41, 5.74) is 1.21. The molecule has 0 spiro atoms. The molecule has 0 aliphatic heterocycles. The minimum Gasteiger partial charge on any atom is -0.352 e. The summed E-state index contributed by atoms with van der Waals surface area (Å²) in [6.07, 6.45) is 1.62. The monoisotopic (exact) mass is 303 g/mol. The number of fused-ring (bicyclic) bond motifs is 1. The summed E-state index contributed by atoms with van der Waals surface area (Å²) >= 11 is 7.58. The fraction of sp³-hybridized carbons (Fsp3) is 0.200. The van der Waals surface area contributed by atoms with Gasteiger partial charge >= 0.3 is 0 Å². The van der Waals surface area contributed by atoms with Crippen LogP contribution in [-0.4, -0.2) is 17.0 Å². The summed E-state index contributed by atoms with van der Waals surface area (Å²) in [5, 5.41) is 3.90. The lowest BCUT2D eigenvalue weighted by Crippen LogP contribution is -2.22. The second kappa shape index (κ2) is 5.38. The number of benzene rings is 1. The molecule has 3 aromatic rings. The lowest BCUT2D eigenvalue weighted by Gasteiger charge is -2.26. The largest absolute Gasteiger partial charge is 0.352 e. The Bertz CT molecular complexity index is 723. The second-order valence-electron chi connectivity index (χ2n) is 4.68. The maximum Gasteiger partial charge on any atom is 0.141 e. The molecule has 0 amide bonds. The van der Waals surface area contributed by atoms with E-state index in [1.54, 1.807) is 17.7 Å². The third-order valence-corrected chi connectivity index (χ3v) is 4.58. The van der Waals surface area contributed by atoms with Gasteiger partial charge in [0.25, 0.3) is 0 Å². The van der Waals surface area contributed by atoms with E-state index in [0.717, 1.165) is 21.1 Å². The Labute approximate surface area is 126 Å². The van der Waals surface area contributed by atoms with Crippen LogP contribution in [-0.2, 0) is 0 Å². The van der Waals surface area contributed by atoms with Crippen LogP contribution in [0.5, 0.6) is 0 Å². The van der Waals surface area contributed by atoms with E-state index in [4.69, 9.17) is 11.6 Å². The van der Waals surface area contributed by atoms with Crippen LogP contribution in [0.4, 0.5) is 5.82 Å². The van der Waals surface area contributed by atoms with Gasteiger partial charge in [-0.1, -0.05) is 23.7 Å². The summed E-state index contributed by atoms with van der Waals surface area (Å²) in [6, 6.07) is 10.2. The Kier molecular flexibility index (Phi) is 3.59. The predicted octanol–water partition coefficient (Wildman–Crippen LogP) is 4.54. The summed E-state index contributed by atoms with van der Waals surface area (Å²) in [4.78, 5) is 11.9. The van der Waals surface area contributed by atoms with Crippen LogP contribution in [0.3, 0.4) is 0 Å². The zero-order valence-electron chi connectivity index (χ0n) is 11.2. The van der Waals surface area contributed by atoms with Crippen LogP contribution in [0.1, 0.15) is 18.5 Å². The number of anilines is 1. The lowest BCUT2D eigenvalue weighted by atomic mass is 10.1. The van der Waals surface area contributed by atoms with Crippen molar-refractivity contribution < 1.29 is 0 Å². The molecule has 0 fully saturated rings. The summed E-state index contributed by atoms with van der Waals surface area (Å²) in [6.45, 7) is 2.16. The van der Waals surface area contributed by atoms with Crippen molar-refractivity contribution in [3.63, 3.8) is 0 Å². The van der Waals surface area contributed by atoms with Crippen LogP contribution in [0, 0.1) is 0 Å². The summed E-state index contributed by atoms with van der Waals surface area (Å²) in [7, 11) is 2.05. The van der Waals surface area contributed by atoms with Gasteiger partial charge in [-0.15, -0.1) is 11.3 Å². The molecule has 0 aliphatic carbocycles. The van der Waals surface area contributed by atoms with Crippen molar-refractivity contribution in [1.29, 1.82) is 0 Å². The van der Waals surface area contributed by atoms with Crippen molar-refractivity contribution in [2.75, 3.05) is 11.9 Å². The van der Waals surface area contributed by atoms with Crippen LogP contribution in [0.15, 0.2) is 42.0 Å². The number of hydrogen-bond acceptors (Lipinski definition) is 4. The Balaban J connectivity index is 1.97. The predicted molar refractivity (Wildman–Crippen MR) is 85.7 cm³/mol. The highest BCUT2D eigenvalue weighted by Gasteiger charge is 2.16. The number of thiophene rings is 1. The highest BCUT2D eigenvalue weighted by Crippen LogP contribution is 2.31. The van der Waals surface area contributed by atoms with Crippen molar-refractivity contribution in [2.24, 2.45) is 0 Å². The number of halogens is 1. The van der Waals surface area contributed by atoms with Gasteiger partial charge in [0.2, 0.25) is 0 Å². The number of rotatable bonds is 3. The number of aromatic nitrogens is 2. The van der Waals surface area contributed by atoms with E-state index in [0.29, 0.717) is 0 Å². The third kappa shape index (κ3) is 2.37. The first-order valence-electron chi connectivity index (χ1n) is 6.33. The van der Waals surface area contributed by atoms with E-state index in [1.165, 1.54) is 5.56 Å². The van der Waals surface area contributed by atoms with E-state index in [2.05, 4.69) is 47.0 Å².